The maximum atomic E-state index is 15.2. The fraction of sp³-hybridized carbons (Fsp3) is 0.400. The van der Waals surface area contributed by atoms with Crippen LogP contribution in [0.5, 0.6) is 5.75 Å². The van der Waals surface area contributed by atoms with E-state index in [2.05, 4.69) is 26.7 Å². The number of nitrogens with zero attached hydrogens (tertiary/aromatic N) is 4. The smallest absolute Gasteiger partial charge is 0.322 e. The second kappa shape index (κ2) is 14.9. The maximum Gasteiger partial charge on any atom is 0.322 e. The van der Waals surface area contributed by atoms with Crippen molar-refractivity contribution in [3.63, 3.8) is 0 Å². The molecule has 1 aliphatic rings. The Bertz CT molecular complexity index is 1780. The van der Waals surface area contributed by atoms with Crippen LogP contribution in [0.25, 0.3) is 10.9 Å². The molecule has 11 heteroatoms. The number of para-hydroxylation sites is 1. The van der Waals surface area contributed by atoms with Crippen molar-refractivity contribution >= 4 is 33.9 Å². The van der Waals surface area contributed by atoms with E-state index in [1.165, 1.54) is 12.1 Å². The largest absolute Gasteiger partial charge is 0.489 e. The van der Waals surface area contributed by atoms with Crippen molar-refractivity contribution in [3.8, 4) is 5.75 Å². The van der Waals surface area contributed by atoms with E-state index >= 15 is 4.39 Å². The third-order valence-electron chi connectivity index (χ3n) is 8.52. The molecule has 2 aromatic heterocycles. The number of aromatic nitrogens is 3. The number of fused-ring (bicyclic) bond motifs is 1. The summed E-state index contributed by atoms with van der Waals surface area (Å²) >= 11 is 1.06. The van der Waals surface area contributed by atoms with E-state index in [0.717, 1.165) is 46.5 Å². The predicted molar refractivity (Wildman–Crippen MR) is 178 cm³/mol. The summed E-state index contributed by atoms with van der Waals surface area (Å²) in [6.07, 6.45) is 2.93. The lowest BCUT2D eigenvalue weighted by atomic mass is 9.81. The first-order chi connectivity index (χ1) is 22.1. The number of rotatable bonds is 13. The van der Waals surface area contributed by atoms with Crippen molar-refractivity contribution < 1.29 is 18.7 Å². The van der Waals surface area contributed by atoms with Crippen LogP contribution in [0, 0.1) is 18.7 Å². The Hall–Kier alpha value is -4.22. The highest BCUT2D eigenvalue weighted by molar-refractivity contribution is 7.08. The molecular weight excluding hydrogens is 605 g/mol. The zero-order chi connectivity index (χ0) is 32.8. The molecule has 1 unspecified atom stereocenters. The van der Waals surface area contributed by atoms with Gasteiger partial charge in [0.05, 0.1) is 11.1 Å². The second-order valence-corrected chi connectivity index (χ2v) is 13.2. The lowest BCUT2D eigenvalue weighted by molar-refractivity contribution is -0.133. The lowest BCUT2D eigenvalue weighted by Gasteiger charge is -2.38. The molecule has 3 heterocycles. The number of pyridine rings is 1. The number of allylic oxidation sites excluding steroid dienone is 1. The normalized spacial score (nSPS) is 16.6. The number of amides is 1. The van der Waals surface area contributed by atoms with Crippen molar-refractivity contribution in [2.45, 2.75) is 51.6 Å². The number of carbonyl (C=O) groups is 2. The SMILES string of the molecule is C=C(CCC1CCN(C(=O)CCCN(C)C)C[C@@H]1c1n[nH]c(=O)s1)C(=O)c1ccc(OCc2cc(C)nc3ccccc23)cc1F. The zero-order valence-electron chi connectivity index (χ0n) is 26.6. The summed E-state index contributed by atoms with van der Waals surface area (Å²) in [6.45, 7) is 8.05. The van der Waals surface area contributed by atoms with Crippen molar-refractivity contribution in [3.05, 3.63) is 98.0 Å². The van der Waals surface area contributed by atoms with Gasteiger partial charge in [-0.25, -0.2) is 9.49 Å². The molecular formula is C35H40FN5O4S. The standard InChI is InChI=1S/C35H40FN5O4S/c1-22(11-12-24-15-17-41(32(42)10-7-16-40(3)4)20-29(24)34-38-39-35(44)46-34)33(43)28-14-13-26(19-30(28)36)45-21-25-18-23(2)37-31-9-6-5-8-27(25)31/h5-6,8-9,13-14,18-19,24,29H,1,7,10-12,15-17,20-21H2,2-4H3,(H,39,44)/t24?,29-/m0/s1. The molecule has 5 rings (SSSR count). The number of ketones is 1. The van der Waals surface area contributed by atoms with E-state index in [0.29, 0.717) is 55.1 Å². The summed E-state index contributed by atoms with van der Waals surface area (Å²) in [5.74, 6) is -0.744. The predicted octanol–water partition coefficient (Wildman–Crippen LogP) is 5.90. The highest BCUT2D eigenvalue weighted by Crippen LogP contribution is 2.37. The second-order valence-electron chi connectivity index (χ2n) is 12.2. The highest BCUT2D eigenvalue weighted by atomic mass is 32.1. The lowest BCUT2D eigenvalue weighted by Crippen LogP contribution is -2.43. The number of hydrogen-bond donors (Lipinski definition) is 1. The van der Waals surface area contributed by atoms with Crippen molar-refractivity contribution in [1.82, 2.24) is 25.0 Å². The van der Waals surface area contributed by atoms with Crippen LogP contribution < -0.4 is 9.61 Å². The van der Waals surface area contributed by atoms with Crippen LogP contribution in [0.2, 0.25) is 0 Å². The van der Waals surface area contributed by atoms with Crippen LogP contribution in [0.3, 0.4) is 0 Å². The number of aryl methyl sites for hydroxylation is 1. The minimum Gasteiger partial charge on any atom is -0.489 e. The molecule has 2 atom stereocenters. The molecule has 1 aliphatic heterocycles. The number of likely N-dealkylation sites (tertiary alicyclic amines) is 1. The quantitative estimate of drug-likeness (QED) is 0.143. The number of hydrogen-bond acceptors (Lipinski definition) is 8. The van der Waals surface area contributed by atoms with Crippen molar-refractivity contribution in [2.75, 3.05) is 33.7 Å². The van der Waals surface area contributed by atoms with Crippen LogP contribution >= 0.6 is 11.3 Å². The summed E-state index contributed by atoms with van der Waals surface area (Å²) in [5, 5.41) is 8.36. The Balaban J connectivity index is 1.20. The number of piperidine rings is 1. The summed E-state index contributed by atoms with van der Waals surface area (Å²) < 4.78 is 21.1. The number of H-pyrrole nitrogens is 1. The Labute approximate surface area is 272 Å². The molecule has 1 fully saturated rings. The number of Topliss-reactive ketones (excluding diaryl/α,β-unsaturated/α-hetero) is 1. The number of halogens is 1. The minimum atomic E-state index is -0.667. The van der Waals surface area contributed by atoms with Gasteiger partial charge >= 0.3 is 4.87 Å². The molecule has 0 aliphatic carbocycles. The summed E-state index contributed by atoms with van der Waals surface area (Å²) in [6, 6.07) is 14.0. The van der Waals surface area contributed by atoms with Crippen LogP contribution in [0.4, 0.5) is 4.39 Å². The summed E-state index contributed by atoms with van der Waals surface area (Å²) in [5.41, 5.74) is 2.93. The third kappa shape index (κ3) is 8.13. The molecule has 0 bridgehead atoms. The van der Waals surface area contributed by atoms with E-state index < -0.39 is 11.6 Å². The van der Waals surface area contributed by atoms with E-state index in [1.807, 2.05) is 56.3 Å². The molecule has 242 valence electrons. The van der Waals surface area contributed by atoms with Gasteiger partial charge < -0.3 is 14.5 Å². The summed E-state index contributed by atoms with van der Waals surface area (Å²) in [4.78, 5) is 46.3. The highest BCUT2D eigenvalue weighted by Gasteiger charge is 2.34. The van der Waals surface area contributed by atoms with Crippen LogP contribution in [-0.4, -0.2) is 70.4 Å². The first-order valence-corrected chi connectivity index (χ1v) is 16.4. The topological polar surface area (TPSA) is 108 Å². The molecule has 1 amide bonds. The van der Waals surface area contributed by atoms with Gasteiger partial charge in [-0.15, -0.1) is 0 Å². The molecule has 46 heavy (non-hydrogen) atoms. The fourth-order valence-corrected chi connectivity index (χ4v) is 6.86. The number of ether oxygens (including phenoxy) is 1. The molecule has 0 saturated carbocycles. The number of nitrogens with one attached hydrogen (secondary N) is 1. The van der Waals surface area contributed by atoms with Gasteiger partial charge in [-0.05, 0) is 89.0 Å². The number of benzene rings is 2. The Morgan fingerprint density at radius 1 is 1.17 bits per heavy atom. The van der Waals surface area contributed by atoms with Gasteiger partial charge in [-0.3, -0.25) is 19.4 Å². The first-order valence-electron chi connectivity index (χ1n) is 15.6. The maximum absolute atomic E-state index is 15.2. The van der Waals surface area contributed by atoms with Crippen molar-refractivity contribution in [2.24, 2.45) is 5.92 Å². The average molecular weight is 646 g/mol. The molecule has 0 radical (unpaired) electrons. The molecule has 0 spiro atoms. The summed E-state index contributed by atoms with van der Waals surface area (Å²) in [7, 11) is 3.96. The van der Waals surface area contributed by atoms with Crippen LogP contribution in [0.15, 0.2) is 65.5 Å². The van der Waals surface area contributed by atoms with Gasteiger partial charge in [0, 0.05) is 48.1 Å². The first kappa shape index (κ1) is 33.2. The van der Waals surface area contributed by atoms with Crippen LogP contribution in [0.1, 0.15) is 64.6 Å². The Morgan fingerprint density at radius 2 is 1.98 bits per heavy atom. The van der Waals surface area contributed by atoms with Gasteiger partial charge in [0.1, 0.15) is 23.2 Å². The van der Waals surface area contributed by atoms with Gasteiger partial charge in [-0.2, -0.15) is 5.10 Å². The third-order valence-corrected chi connectivity index (χ3v) is 9.40. The fourth-order valence-electron chi connectivity index (χ4n) is 6.07. The Morgan fingerprint density at radius 3 is 2.72 bits per heavy atom. The molecule has 1 N–H and O–H groups in total. The van der Waals surface area contributed by atoms with Gasteiger partial charge in [0.25, 0.3) is 0 Å². The average Bonchev–Trinajstić information content (AvgIpc) is 3.47. The monoisotopic (exact) mass is 645 g/mol. The van der Waals surface area contributed by atoms with Gasteiger partial charge in [0.15, 0.2) is 5.78 Å². The van der Waals surface area contributed by atoms with E-state index in [9.17, 15) is 14.4 Å². The molecule has 4 aromatic rings. The van der Waals surface area contributed by atoms with E-state index in [1.54, 1.807) is 6.07 Å². The number of aromatic amines is 1. The van der Waals surface area contributed by atoms with Gasteiger partial charge in [-0.1, -0.05) is 36.1 Å². The minimum absolute atomic E-state index is 0.0530. The van der Waals surface area contributed by atoms with E-state index in [-0.39, 0.29) is 34.8 Å². The van der Waals surface area contributed by atoms with Gasteiger partial charge in [0.2, 0.25) is 5.91 Å². The van der Waals surface area contributed by atoms with Crippen LogP contribution in [-0.2, 0) is 11.4 Å². The molecule has 2 aromatic carbocycles. The van der Waals surface area contributed by atoms with E-state index in [4.69, 9.17) is 4.74 Å². The number of carbonyl (C=O) groups excluding carboxylic acids is 2. The zero-order valence-corrected chi connectivity index (χ0v) is 27.4. The molecule has 1 saturated heterocycles. The van der Waals surface area contributed by atoms with Crippen molar-refractivity contribution in [1.29, 1.82) is 0 Å². The Kier molecular flexibility index (Phi) is 10.7. The molecule has 9 nitrogen and oxygen atoms in total.